The van der Waals surface area contributed by atoms with E-state index < -0.39 is 35.7 Å². The van der Waals surface area contributed by atoms with Gasteiger partial charge in [0, 0.05) is 39.0 Å². The van der Waals surface area contributed by atoms with Crippen LogP contribution in [0.2, 0.25) is 0 Å². The molecule has 1 aliphatic heterocycles. The van der Waals surface area contributed by atoms with Gasteiger partial charge in [-0.3, -0.25) is 29.0 Å². The smallest absolute Gasteiger partial charge is 0.317 e. The van der Waals surface area contributed by atoms with Gasteiger partial charge in [-0.15, -0.1) is 0 Å². The van der Waals surface area contributed by atoms with Crippen LogP contribution in [-0.2, 0) is 19.2 Å². The van der Waals surface area contributed by atoms with Gasteiger partial charge in [-0.1, -0.05) is 0 Å². The number of hydrogen-bond acceptors (Lipinski definition) is 6. The Kier molecular flexibility index (Phi) is 7.59. The molecule has 0 aliphatic carbocycles. The van der Waals surface area contributed by atoms with E-state index in [1.807, 2.05) is 0 Å². The lowest BCUT2D eigenvalue weighted by Crippen LogP contribution is -2.38. The highest BCUT2D eigenvalue weighted by Gasteiger charge is 2.32. The third kappa shape index (κ3) is 7.38. The molecule has 4 N–H and O–H groups in total. The summed E-state index contributed by atoms with van der Waals surface area (Å²) in [6.07, 6.45) is -0.725. The van der Waals surface area contributed by atoms with E-state index in [0.29, 0.717) is 13.1 Å². The van der Waals surface area contributed by atoms with Gasteiger partial charge in [0.2, 0.25) is 0 Å². The Hall–Kier alpha value is -2.20. The summed E-state index contributed by atoms with van der Waals surface area (Å²) >= 11 is 0. The Labute approximate surface area is 138 Å². The highest BCUT2D eigenvalue weighted by molar-refractivity contribution is 5.71. The van der Waals surface area contributed by atoms with E-state index in [9.17, 15) is 19.2 Å². The van der Waals surface area contributed by atoms with Crippen LogP contribution in [0.1, 0.15) is 12.8 Å². The first-order chi connectivity index (χ1) is 11.2. The summed E-state index contributed by atoms with van der Waals surface area (Å²) in [4.78, 5) is 47.1. The third-order valence-electron chi connectivity index (χ3n) is 3.98. The molecule has 10 heteroatoms. The van der Waals surface area contributed by atoms with Crippen LogP contribution in [0.15, 0.2) is 0 Å². The molecule has 0 saturated carbocycles. The van der Waals surface area contributed by atoms with E-state index >= 15 is 0 Å². The summed E-state index contributed by atoms with van der Waals surface area (Å²) in [5.41, 5.74) is 0. The molecule has 1 saturated heterocycles. The van der Waals surface area contributed by atoms with Crippen molar-refractivity contribution in [2.45, 2.75) is 12.8 Å². The SMILES string of the molecule is O=C(O)CC(CC(=O)O)C1CN(CC(=O)O)CCN(CC(=O)O)C1. The summed E-state index contributed by atoms with van der Waals surface area (Å²) in [6.45, 7) is 0.557. The zero-order chi connectivity index (χ0) is 18.3. The van der Waals surface area contributed by atoms with Gasteiger partial charge in [-0.05, 0) is 11.8 Å². The summed E-state index contributed by atoms with van der Waals surface area (Å²) in [7, 11) is 0. The average Bonchev–Trinajstić information content (AvgIpc) is 2.58. The second-order valence-electron chi connectivity index (χ2n) is 5.97. The molecular formula is C14H22N2O8. The number of carboxylic acid groups (broad SMARTS) is 4. The van der Waals surface area contributed by atoms with Crippen LogP contribution in [-0.4, -0.2) is 93.4 Å². The Balaban J connectivity index is 2.95. The van der Waals surface area contributed by atoms with Crippen molar-refractivity contribution < 1.29 is 39.6 Å². The predicted molar refractivity (Wildman–Crippen MR) is 79.6 cm³/mol. The Morgan fingerprint density at radius 2 is 1.12 bits per heavy atom. The molecule has 1 aliphatic rings. The van der Waals surface area contributed by atoms with E-state index in [2.05, 4.69) is 0 Å². The number of aliphatic carboxylic acids is 4. The second-order valence-corrected chi connectivity index (χ2v) is 5.97. The first kappa shape index (κ1) is 19.8. The van der Waals surface area contributed by atoms with Crippen molar-refractivity contribution in [3.63, 3.8) is 0 Å². The normalized spacial score (nSPS) is 17.5. The summed E-state index contributed by atoms with van der Waals surface area (Å²) in [6, 6.07) is 0. The van der Waals surface area contributed by atoms with Crippen molar-refractivity contribution in [3.8, 4) is 0 Å². The fraction of sp³-hybridized carbons (Fsp3) is 0.714. The van der Waals surface area contributed by atoms with Crippen molar-refractivity contribution in [1.82, 2.24) is 9.80 Å². The average molecular weight is 346 g/mol. The Bertz CT molecular complexity index is 453. The zero-order valence-corrected chi connectivity index (χ0v) is 13.1. The molecule has 24 heavy (non-hydrogen) atoms. The van der Waals surface area contributed by atoms with Crippen LogP contribution in [0, 0.1) is 11.8 Å². The van der Waals surface area contributed by atoms with Gasteiger partial charge >= 0.3 is 23.9 Å². The van der Waals surface area contributed by atoms with Gasteiger partial charge in [0.15, 0.2) is 0 Å². The quantitative estimate of drug-likeness (QED) is 0.406. The van der Waals surface area contributed by atoms with E-state index in [-0.39, 0.29) is 39.0 Å². The van der Waals surface area contributed by atoms with E-state index in [0.717, 1.165) is 0 Å². The topological polar surface area (TPSA) is 156 Å². The minimum Gasteiger partial charge on any atom is -0.481 e. The fourth-order valence-electron chi connectivity index (χ4n) is 3.01. The molecule has 10 nitrogen and oxygen atoms in total. The molecule has 0 amide bonds. The molecule has 0 aromatic carbocycles. The van der Waals surface area contributed by atoms with Crippen LogP contribution >= 0.6 is 0 Å². The van der Waals surface area contributed by atoms with Gasteiger partial charge in [-0.25, -0.2) is 0 Å². The monoisotopic (exact) mass is 346 g/mol. The maximum absolute atomic E-state index is 11.0. The zero-order valence-electron chi connectivity index (χ0n) is 13.1. The van der Waals surface area contributed by atoms with E-state index in [1.54, 1.807) is 9.80 Å². The molecule has 0 aromatic rings. The standard InChI is InChI=1S/C14H22N2O8/c17-11(18)3-9(4-12(19)20)10-5-15(7-13(21)22)1-2-16(6-10)8-14(23)24/h9-10H,1-8H2,(H,17,18)(H,19,20)(H,21,22)(H,23,24). The highest BCUT2D eigenvalue weighted by atomic mass is 16.4. The van der Waals surface area contributed by atoms with Crippen molar-refractivity contribution in [2.24, 2.45) is 11.8 Å². The number of carboxylic acids is 4. The van der Waals surface area contributed by atoms with Crippen molar-refractivity contribution in [1.29, 1.82) is 0 Å². The molecule has 0 bridgehead atoms. The van der Waals surface area contributed by atoms with Gasteiger partial charge < -0.3 is 20.4 Å². The fourth-order valence-corrected chi connectivity index (χ4v) is 3.01. The van der Waals surface area contributed by atoms with Crippen molar-refractivity contribution >= 4 is 23.9 Å². The lowest BCUT2D eigenvalue weighted by molar-refractivity contribution is -0.143. The lowest BCUT2D eigenvalue weighted by atomic mass is 9.86. The molecule has 1 fully saturated rings. The molecule has 0 atom stereocenters. The van der Waals surface area contributed by atoms with Crippen molar-refractivity contribution in [3.05, 3.63) is 0 Å². The first-order valence-electron chi connectivity index (χ1n) is 7.49. The summed E-state index contributed by atoms with van der Waals surface area (Å²) in [5.74, 6) is -5.52. The Morgan fingerprint density at radius 3 is 1.42 bits per heavy atom. The van der Waals surface area contributed by atoms with E-state index in [1.165, 1.54) is 0 Å². The van der Waals surface area contributed by atoms with Gasteiger partial charge in [0.25, 0.3) is 0 Å². The second kappa shape index (κ2) is 9.18. The predicted octanol–water partition coefficient (Wildman–Crippen LogP) is -1.04. The molecular weight excluding hydrogens is 324 g/mol. The molecule has 0 spiro atoms. The highest BCUT2D eigenvalue weighted by Crippen LogP contribution is 2.24. The van der Waals surface area contributed by atoms with Gasteiger partial charge in [-0.2, -0.15) is 0 Å². The molecule has 1 heterocycles. The number of nitrogens with zero attached hydrogens (tertiary/aromatic N) is 2. The molecule has 136 valence electrons. The van der Waals surface area contributed by atoms with Crippen LogP contribution < -0.4 is 0 Å². The van der Waals surface area contributed by atoms with Crippen LogP contribution in [0.5, 0.6) is 0 Å². The maximum Gasteiger partial charge on any atom is 0.317 e. The first-order valence-corrected chi connectivity index (χ1v) is 7.49. The van der Waals surface area contributed by atoms with Gasteiger partial charge in [0.05, 0.1) is 13.1 Å². The summed E-state index contributed by atoms with van der Waals surface area (Å²) < 4.78 is 0. The van der Waals surface area contributed by atoms with Crippen LogP contribution in [0.25, 0.3) is 0 Å². The van der Waals surface area contributed by atoms with Crippen LogP contribution in [0.3, 0.4) is 0 Å². The van der Waals surface area contributed by atoms with Gasteiger partial charge in [0.1, 0.15) is 0 Å². The minimum absolute atomic E-state index is 0.216. The number of hydrogen-bond donors (Lipinski definition) is 4. The van der Waals surface area contributed by atoms with Crippen LogP contribution in [0.4, 0.5) is 0 Å². The molecule has 0 aromatic heterocycles. The lowest BCUT2D eigenvalue weighted by Gasteiger charge is -2.29. The summed E-state index contributed by atoms with van der Waals surface area (Å²) in [5, 5.41) is 35.9. The molecule has 0 radical (unpaired) electrons. The van der Waals surface area contributed by atoms with Crippen molar-refractivity contribution in [2.75, 3.05) is 39.3 Å². The third-order valence-corrected chi connectivity index (χ3v) is 3.98. The minimum atomic E-state index is -1.14. The molecule has 0 unspecified atom stereocenters. The Morgan fingerprint density at radius 1 is 0.750 bits per heavy atom. The maximum atomic E-state index is 11.0. The number of rotatable bonds is 9. The molecule has 1 rings (SSSR count). The largest absolute Gasteiger partial charge is 0.481 e. The van der Waals surface area contributed by atoms with E-state index in [4.69, 9.17) is 20.4 Å². The number of carbonyl (C=O) groups is 4.